The maximum atomic E-state index is 12.5. The first-order chi connectivity index (χ1) is 7.68. The monoisotopic (exact) mass is 258 g/mol. The van der Waals surface area contributed by atoms with Crippen LogP contribution in [0.4, 0.5) is 0 Å². The molecule has 1 saturated carbocycles. The molecule has 0 bridgehead atoms. The molecule has 0 aromatic rings. The van der Waals surface area contributed by atoms with E-state index in [4.69, 9.17) is 0 Å². The topological polar surface area (TPSA) is 17.1 Å². The summed E-state index contributed by atoms with van der Waals surface area (Å²) in [4.78, 5) is 12.5. The SMILES string of the molecule is CC1CCCC(C(=O)C2SCCSC2C)C1. The summed E-state index contributed by atoms with van der Waals surface area (Å²) in [6.45, 7) is 4.53. The van der Waals surface area contributed by atoms with Crippen LogP contribution in [-0.4, -0.2) is 27.8 Å². The van der Waals surface area contributed by atoms with Gasteiger partial charge in [0.2, 0.25) is 0 Å². The van der Waals surface area contributed by atoms with Crippen molar-refractivity contribution in [2.75, 3.05) is 11.5 Å². The first-order valence-corrected chi connectivity index (χ1v) is 8.55. The van der Waals surface area contributed by atoms with Gasteiger partial charge in [-0.25, -0.2) is 0 Å². The van der Waals surface area contributed by atoms with E-state index in [1.165, 1.54) is 18.6 Å². The zero-order valence-corrected chi connectivity index (χ0v) is 11.9. The lowest BCUT2D eigenvalue weighted by atomic mass is 9.79. The minimum atomic E-state index is 0.286. The van der Waals surface area contributed by atoms with E-state index in [2.05, 4.69) is 13.8 Å². The van der Waals surface area contributed by atoms with E-state index in [-0.39, 0.29) is 5.25 Å². The molecule has 1 saturated heterocycles. The summed E-state index contributed by atoms with van der Waals surface area (Å²) in [5, 5.41) is 0.817. The third-order valence-corrected chi connectivity index (χ3v) is 6.91. The number of hydrogen-bond donors (Lipinski definition) is 0. The smallest absolute Gasteiger partial charge is 0.150 e. The normalized spacial score (nSPS) is 40.6. The summed E-state index contributed by atoms with van der Waals surface area (Å²) in [5.41, 5.74) is 0. The van der Waals surface area contributed by atoms with Gasteiger partial charge in [-0.2, -0.15) is 11.8 Å². The van der Waals surface area contributed by atoms with Crippen molar-refractivity contribution in [1.82, 2.24) is 0 Å². The Labute approximate surface area is 108 Å². The van der Waals surface area contributed by atoms with Crippen LogP contribution in [0.15, 0.2) is 0 Å². The van der Waals surface area contributed by atoms with Crippen molar-refractivity contribution in [3.05, 3.63) is 0 Å². The number of carbonyl (C=O) groups is 1. The van der Waals surface area contributed by atoms with E-state index in [0.717, 1.165) is 24.5 Å². The number of thioether (sulfide) groups is 2. The standard InChI is InChI=1S/C13H22OS2/c1-9-4-3-5-11(8-9)12(14)13-10(2)15-6-7-16-13/h9-11,13H,3-8H2,1-2H3. The van der Waals surface area contributed by atoms with Crippen LogP contribution in [-0.2, 0) is 4.79 Å². The second kappa shape index (κ2) is 5.81. The summed E-state index contributed by atoms with van der Waals surface area (Å²) >= 11 is 3.88. The van der Waals surface area contributed by atoms with Crippen LogP contribution in [0.1, 0.15) is 39.5 Å². The van der Waals surface area contributed by atoms with Gasteiger partial charge in [-0.05, 0) is 18.8 Å². The number of carbonyl (C=O) groups excluding carboxylic acids is 1. The van der Waals surface area contributed by atoms with Crippen LogP contribution < -0.4 is 0 Å². The Morgan fingerprint density at radius 3 is 2.56 bits per heavy atom. The molecule has 4 unspecified atom stereocenters. The van der Waals surface area contributed by atoms with E-state index >= 15 is 0 Å². The van der Waals surface area contributed by atoms with Crippen LogP contribution >= 0.6 is 23.5 Å². The molecular formula is C13H22OS2. The third-order valence-electron chi connectivity index (χ3n) is 3.81. The van der Waals surface area contributed by atoms with Gasteiger partial charge in [0.15, 0.2) is 0 Å². The molecule has 0 amide bonds. The highest BCUT2D eigenvalue weighted by molar-refractivity contribution is 8.07. The van der Waals surface area contributed by atoms with Crippen molar-refractivity contribution in [3.8, 4) is 0 Å². The molecule has 0 radical (unpaired) electrons. The fraction of sp³-hybridized carbons (Fsp3) is 0.923. The third kappa shape index (κ3) is 2.98. The van der Waals surface area contributed by atoms with Crippen LogP contribution in [0.25, 0.3) is 0 Å². The first kappa shape index (κ1) is 12.8. The molecule has 0 spiro atoms. The van der Waals surface area contributed by atoms with Gasteiger partial charge in [-0.15, -0.1) is 11.8 Å². The molecule has 1 nitrogen and oxygen atoms in total. The van der Waals surface area contributed by atoms with Gasteiger partial charge in [-0.3, -0.25) is 4.79 Å². The van der Waals surface area contributed by atoms with Gasteiger partial charge >= 0.3 is 0 Å². The number of ketones is 1. The van der Waals surface area contributed by atoms with Crippen molar-refractivity contribution < 1.29 is 4.79 Å². The number of rotatable bonds is 2. The highest BCUT2D eigenvalue weighted by atomic mass is 32.2. The Bertz CT molecular complexity index is 254. The first-order valence-electron chi connectivity index (χ1n) is 6.45. The van der Waals surface area contributed by atoms with E-state index in [0.29, 0.717) is 17.0 Å². The fourth-order valence-corrected chi connectivity index (χ4v) is 5.67. The van der Waals surface area contributed by atoms with E-state index in [9.17, 15) is 4.79 Å². The minimum Gasteiger partial charge on any atom is -0.298 e. The second-order valence-electron chi connectivity index (χ2n) is 5.24. The lowest BCUT2D eigenvalue weighted by molar-refractivity contribution is -0.123. The van der Waals surface area contributed by atoms with E-state index in [1.54, 1.807) is 0 Å². The Balaban J connectivity index is 1.94. The Hall–Kier alpha value is 0.370. The highest BCUT2D eigenvalue weighted by Crippen LogP contribution is 2.37. The lowest BCUT2D eigenvalue weighted by Crippen LogP contribution is -2.37. The van der Waals surface area contributed by atoms with Gasteiger partial charge in [0, 0.05) is 22.7 Å². The molecule has 1 aliphatic carbocycles. The van der Waals surface area contributed by atoms with E-state index in [1.807, 2.05) is 23.5 Å². The lowest BCUT2D eigenvalue weighted by Gasteiger charge is -2.32. The van der Waals surface area contributed by atoms with Crippen molar-refractivity contribution in [1.29, 1.82) is 0 Å². The van der Waals surface area contributed by atoms with Crippen LogP contribution in [0.2, 0.25) is 0 Å². The molecule has 1 heterocycles. The molecule has 2 fully saturated rings. The fourth-order valence-electron chi connectivity index (χ4n) is 2.87. The van der Waals surface area contributed by atoms with Gasteiger partial charge in [0.25, 0.3) is 0 Å². The molecule has 0 aromatic heterocycles. The highest BCUT2D eigenvalue weighted by Gasteiger charge is 2.35. The minimum absolute atomic E-state index is 0.286. The molecule has 3 heteroatoms. The molecule has 0 aromatic carbocycles. The zero-order chi connectivity index (χ0) is 11.5. The van der Waals surface area contributed by atoms with Gasteiger partial charge in [0.1, 0.15) is 5.78 Å². The average molecular weight is 258 g/mol. The predicted octanol–water partition coefficient (Wildman–Crippen LogP) is 3.62. The van der Waals surface area contributed by atoms with Crippen molar-refractivity contribution >= 4 is 29.3 Å². The van der Waals surface area contributed by atoms with E-state index < -0.39 is 0 Å². The average Bonchev–Trinajstić information content (AvgIpc) is 2.29. The number of Topliss-reactive ketones (excluding diaryl/α,β-unsaturated/α-hetero) is 1. The largest absolute Gasteiger partial charge is 0.298 e. The second-order valence-corrected chi connectivity index (χ2v) is 7.97. The quantitative estimate of drug-likeness (QED) is 0.753. The summed E-state index contributed by atoms with van der Waals surface area (Å²) < 4.78 is 0. The van der Waals surface area contributed by atoms with Gasteiger partial charge in [0.05, 0.1) is 5.25 Å². The molecule has 92 valence electrons. The Kier molecular flexibility index (Phi) is 4.66. The summed E-state index contributed by atoms with van der Waals surface area (Å²) in [6.07, 6.45) is 4.88. The number of hydrogen-bond acceptors (Lipinski definition) is 3. The zero-order valence-electron chi connectivity index (χ0n) is 10.3. The van der Waals surface area contributed by atoms with Gasteiger partial charge < -0.3 is 0 Å². The Morgan fingerprint density at radius 1 is 1.12 bits per heavy atom. The van der Waals surface area contributed by atoms with Crippen LogP contribution in [0.3, 0.4) is 0 Å². The molecule has 1 aliphatic heterocycles. The summed E-state index contributed by atoms with van der Waals surface area (Å²) in [5.74, 6) is 4.09. The van der Waals surface area contributed by atoms with Crippen molar-refractivity contribution in [2.24, 2.45) is 11.8 Å². The molecular weight excluding hydrogens is 236 g/mol. The molecule has 16 heavy (non-hydrogen) atoms. The predicted molar refractivity (Wildman–Crippen MR) is 74.3 cm³/mol. The van der Waals surface area contributed by atoms with Gasteiger partial charge in [-0.1, -0.05) is 26.7 Å². The maximum Gasteiger partial charge on any atom is 0.150 e. The summed E-state index contributed by atoms with van der Waals surface area (Å²) in [7, 11) is 0. The van der Waals surface area contributed by atoms with Crippen LogP contribution in [0.5, 0.6) is 0 Å². The van der Waals surface area contributed by atoms with Crippen molar-refractivity contribution in [3.63, 3.8) is 0 Å². The maximum absolute atomic E-state index is 12.5. The Morgan fingerprint density at radius 2 is 1.88 bits per heavy atom. The summed E-state index contributed by atoms with van der Waals surface area (Å²) in [6, 6.07) is 0. The molecule has 2 rings (SSSR count). The molecule has 4 atom stereocenters. The van der Waals surface area contributed by atoms with Crippen molar-refractivity contribution in [2.45, 2.75) is 50.0 Å². The molecule has 0 N–H and O–H groups in total. The molecule has 2 aliphatic rings. The van der Waals surface area contributed by atoms with Crippen LogP contribution in [0, 0.1) is 11.8 Å².